The van der Waals surface area contributed by atoms with Gasteiger partial charge in [0.25, 0.3) is 0 Å². The summed E-state index contributed by atoms with van der Waals surface area (Å²) in [6.45, 7) is 3.97. The van der Waals surface area contributed by atoms with Crippen LogP contribution in [-0.2, 0) is 0 Å². The van der Waals surface area contributed by atoms with Crippen LogP contribution < -0.4 is 0 Å². The van der Waals surface area contributed by atoms with E-state index in [0.29, 0.717) is 15.6 Å². The quantitative estimate of drug-likeness (QED) is 0.769. The van der Waals surface area contributed by atoms with Crippen LogP contribution in [0.3, 0.4) is 0 Å². The van der Waals surface area contributed by atoms with Crippen molar-refractivity contribution >= 4 is 29.0 Å². The standard InChI is InChI=1S/C15H19Cl2NO/c1-11(18-8-4-2-3-5-9-18)15(19)13-7-6-12(16)10-14(13)17/h6-7,10-11H,2-5,8-9H2,1H3. The van der Waals surface area contributed by atoms with Crippen LogP contribution in [0.15, 0.2) is 18.2 Å². The van der Waals surface area contributed by atoms with Crippen LogP contribution in [-0.4, -0.2) is 29.8 Å². The van der Waals surface area contributed by atoms with Gasteiger partial charge in [0.1, 0.15) is 0 Å². The largest absolute Gasteiger partial charge is 0.294 e. The molecular formula is C15H19Cl2NO. The molecule has 1 aliphatic heterocycles. The fourth-order valence-corrected chi connectivity index (χ4v) is 3.06. The van der Waals surface area contributed by atoms with E-state index in [2.05, 4.69) is 4.90 Å². The van der Waals surface area contributed by atoms with Gasteiger partial charge in [-0.2, -0.15) is 0 Å². The van der Waals surface area contributed by atoms with Crippen molar-refractivity contribution in [2.45, 2.75) is 38.6 Å². The first kappa shape index (κ1) is 14.8. The maximum atomic E-state index is 12.5. The highest BCUT2D eigenvalue weighted by Crippen LogP contribution is 2.24. The molecule has 1 unspecified atom stereocenters. The normalized spacial score (nSPS) is 18.9. The van der Waals surface area contributed by atoms with E-state index in [9.17, 15) is 4.79 Å². The summed E-state index contributed by atoms with van der Waals surface area (Å²) in [5.74, 6) is 0.0866. The molecule has 0 N–H and O–H groups in total. The Hall–Kier alpha value is -0.570. The Morgan fingerprint density at radius 2 is 1.79 bits per heavy atom. The Bertz CT molecular complexity index is 453. The first-order valence-corrected chi connectivity index (χ1v) is 7.58. The molecule has 2 rings (SSSR count). The Morgan fingerprint density at radius 3 is 2.37 bits per heavy atom. The minimum absolute atomic E-state index is 0.0866. The molecule has 1 fully saturated rings. The van der Waals surface area contributed by atoms with E-state index in [-0.39, 0.29) is 11.8 Å². The molecule has 0 aliphatic carbocycles. The maximum Gasteiger partial charge on any atom is 0.181 e. The van der Waals surface area contributed by atoms with E-state index in [1.54, 1.807) is 18.2 Å². The van der Waals surface area contributed by atoms with Crippen molar-refractivity contribution in [3.63, 3.8) is 0 Å². The van der Waals surface area contributed by atoms with Crippen LogP contribution in [0, 0.1) is 0 Å². The van der Waals surface area contributed by atoms with Crippen LogP contribution >= 0.6 is 23.2 Å². The second-order valence-electron chi connectivity index (χ2n) is 5.11. The van der Waals surface area contributed by atoms with E-state index < -0.39 is 0 Å². The van der Waals surface area contributed by atoms with Crippen molar-refractivity contribution in [1.82, 2.24) is 4.90 Å². The van der Waals surface area contributed by atoms with Crippen molar-refractivity contribution in [1.29, 1.82) is 0 Å². The molecule has 1 aromatic carbocycles. The van der Waals surface area contributed by atoms with Crippen LogP contribution in [0.25, 0.3) is 0 Å². The zero-order valence-electron chi connectivity index (χ0n) is 11.2. The van der Waals surface area contributed by atoms with Crippen molar-refractivity contribution in [3.8, 4) is 0 Å². The molecule has 4 heteroatoms. The SMILES string of the molecule is CC(C(=O)c1ccc(Cl)cc1Cl)N1CCCCCC1. The highest BCUT2D eigenvalue weighted by molar-refractivity contribution is 6.37. The molecular weight excluding hydrogens is 281 g/mol. The summed E-state index contributed by atoms with van der Waals surface area (Å²) in [6, 6.07) is 4.96. The number of carbonyl (C=O) groups excluding carboxylic acids is 1. The molecule has 0 bridgehead atoms. The predicted molar refractivity (Wildman–Crippen MR) is 80.3 cm³/mol. The predicted octanol–water partition coefficient (Wildman–Crippen LogP) is 4.44. The van der Waals surface area contributed by atoms with Gasteiger partial charge in [0.2, 0.25) is 0 Å². The molecule has 0 aromatic heterocycles. The first-order valence-electron chi connectivity index (χ1n) is 6.83. The molecule has 0 spiro atoms. The van der Waals surface area contributed by atoms with Crippen LogP contribution in [0.4, 0.5) is 0 Å². The molecule has 19 heavy (non-hydrogen) atoms. The molecule has 1 heterocycles. The third kappa shape index (κ3) is 3.71. The zero-order valence-corrected chi connectivity index (χ0v) is 12.7. The molecule has 1 atom stereocenters. The van der Waals surface area contributed by atoms with Crippen LogP contribution in [0.2, 0.25) is 10.0 Å². The Labute approximate surface area is 124 Å². The van der Waals surface area contributed by atoms with Crippen molar-refractivity contribution in [2.75, 3.05) is 13.1 Å². The van der Waals surface area contributed by atoms with Gasteiger partial charge in [-0.3, -0.25) is 9.69 Å². The average molecular weight is 300 g/mol. The van der Waals surface area contributed by atoms with E-state index in [0.717, 1.165) is 13.1 Å². The first-order chi connectivity index (χ1) is 9.09. The monoisotopic (exact) mass is 299 g/mol. The lowest BCUT2D eigenvalue weighted by molar-refractivity contribution is 0.0843. The van der Waals surface area contributed by atoms with Gasteiger partial charge in [-0.05, 0) is 51.1 Å². The summed E-state index contributed by atoms with van der Waals surface area (Å²) in [5.41, 5.74) is 0.572. The molecule has 0 saturated carbocycles. The number of Topliss-reactive ketones (excluding diaryl/α,β-unsaturated/α-hetero) is 1. The maximum absolute atomic E-state index is 12.5. The molecule has 0 amide bonds. The summed E-state index contributed by atoms with van der Waals surface area (Å²) >= 11 is 12.0. The van der Waals surface area contributed by atoms with E-state index >= 15 is 0 Å². The van der Waals surface area contributed by atoms with Crippen molar-refractivity contribution < 1.29 is 4.79 Å². The number of hydrogen-bond donors (Lipinski definition) is 0. The average Bonchev–Trinajstić information content (AvgIpc) is 2.66. The van der Waals surface area contributed by atoms with Gasteiger partial charge in [-0.1, -0.05) is 36.0 Å². The summed E-state index contributed by atoms with van der Waals surface area (Å²) in [5, 5.41) is 1.00. The summed E-state index contributed by atoms with van der Waals surface area (Å²) in [7, 11) is 0. The minimum Gasteiger partial charge on any atom is -0.294 e. The van der Waals surface area contributed by atoms with Crippen LogP contribution in [0.5, 0.6) is 0 Å². The lowest BCUT2D eigenvalue weighted by atomic mass is 10.0. The number of ketones is 1. The second kappa shape index (κ2) is 6.74. The second-order valence-corrected chi connectivity index (χ2v) is 5.96. The smallest absolute Gasteiger partial charge is 0.181 e. The summed E-state index contributed by atoms with van der Waals surface area (Å²) < 4.78 is 0. The van der Waals surface area contributed by atoms with Gasteiger partial charge in [0, 0.05) is 10.6 Å². The van der Waals surface area contributed by atoms with Gasteiger partial charge < -0.3 is 0 Å². The van der Waals surface area contributed by atoms with Crippen molar-refractivity contribution in [2.24, 2.45) is 0 Å². The van der Waals surface area contributed by atoms with E-state index in [1.807, 2.05) is 6.92 Å². The number of hydrogen-bond acceptors (Lipinski definition) is 2. The van der Waals surface area contributed by atoms with E-state index in [4.69, 9.17) is 23.2 Å². The van der Waals surface area contributed by atoms with Gasteiger partial charge >= 0.3 is 0 Å². The van der Waals surface area contributed by atoms with Gasteiger partial charge in [-0.25, -0.2) is 0 Å². The number of rotatable bonds is 3. The number of likely N-dealkylation sites (tertiary alicyclic amines) is 1. The highest BCUT2D eigenvalue weighted by atomic mass is 35.5. The summed E-state index contributed by atoms with van der Waals surface area (Å²) in [6.07, 6.45) is 4.87. The number of carbonyl (C=O) groups is 1. The number of nitrogens with zero attached hydrogens (tertiary/aromatic N) is 1. The number of halogens is 2. The lowest BCUT2D eigenvalue weighted by Crippen LogP contribution is -2.39. The Balaban J connectivity index is 2.13. The fraction of sp³-hybridized carbons (Fsp3) is 0.533. The zero-order chi connectivity index (χ0) is 13.8. The molecule has 2 nitrogen and oxygen atoms in total. The van der Waals surface area contributed by atoms with Gasteiger partial charge in [0.15, 0.2) is 5.78 Å². The third-order valence-corrected chi connectivity index (χ3v) is 4.31. The van der Waals surface area contributed by atoms with E-state index in [1.165, 1.54) is 25.7 Å². The number of benzene rings is 1. The Morgan fingerprint density at radius 1 is 1.16 bits per heavy atom. The topological polar surface area (TPSA) is 20.3 Å². The lowest BCUT2D eigenvalue weighted by Gasteiger charge is -2.26. The Kier molecular flexibility index (Phi) is 5.26. The fourth-order valence-electron chi connectivity index (χ4n) is 2.56. The van der Waals surface area contributed by atoms with Crippen molar-refractivity contribution in [3.05, 3.63) is 33.8 Å². The molecule has 1 aliphatic rings. The molecule has 0 radical (unpaired) electrons. The highest BCUT2D eigenvalue weighted by Gasteiger charge is 2.24. The third-order valence-electron chi connectivity index (χ3n) is 3.76. The molecule has 1 saturated heterocycles. The minimum atomic E-state index is -0.114. The van der Waals surface area contributed by atoms with Gasteiger partial charge in [-0.15, -0.1) is 0 Å². The summed E-state index contributed by atoms with van der Waals surface area (Å²) in [4.78, 5) is 14.8. The van der Waals surface area contributed by atoms with Gasteiger partial charge in [0.05, 0.1) is 11.1 Å². The van der Waals surface area contributed by atoms with Crippen LogP contribution in [0.1, 0.15) is 43.0 Å². The molecule has 104 valence electrons. The molecule has 1 aromatic rings.